The van der Waals surface area contributed by atoms with E-state index in [4.69, 9.17) is 9.47 Å². The highest BCUT2D eigenvalue weighted by Gasteiger charge is 2.10. The van der Waals surface area contributed by atoms with Crippen LogP contribution < -0.4 is 20.1 Å². The summed E-state index contributed by atoms with van der Waals surface area (Å²) in [5, 5.41) is 6.02. The third-order valence-corrected chi connectivity index (χ3v) is 2.64. The molecule has 0 fully saturated rings. The number of nitrogens with zero attached hydrogens (tertiary/aromatic N) is 1. The predicted molar refractivity (Wildman–Crippen MR) is 76.9 cm³/mol. The van der Waals surface area contributed by atoms with Crippen molar-refractivity contribution in [3.05, 3.63) is 18.0 Å². The molecule has 0 atom stereocenters. The summed E-state index contributed by atoms with van der Waals surface area (Å²) in [5.74, 6) is 1.31. The van der Waals surface area contributed by atoms with Crippen LogP contribution in [0.1, 0.15) is 26.0 Å². The van der Waals surface area contributed by atoms with Crippen LogP contribution in [0.15, 0.2) is 12.3 Å². The van der Waals surface area contributed by atoms with Crippen LogP contribution in [0.3, 0.4) is 0 Å². The van der Waals surface area contributed by atoms with Crippen molar-refractivity contribution in [2.75, 3.05) is 20.8 Å². The molecule has 1 heterocycles. The van der Waals surface area contributed by atoms with Gasteiger partial charge in [-0.25, -0.2) is 0 Å². The first kappa shape index (κ1) is 16.2. The normalized spacial score (nSPS) is 10.4. The maximum absolute atomic E-state index is 11.5. The van der Waals surface area contributed by atoms with Crippen LogP contribution in [-0.2, 0) is 11.3 Å². The quantitative estimate of drug-likeness (QED) is 0.698. The molecule has 6 nitrogen and oxygen atoms in total. The minimum Gasteiger partial charge on any atom is -0.493 e. The van der Waals surface area contributed by atoms with Gasteiger partial charge in [0.15, 0.2) is 11.5 Å². The van der Waals surface area contributed by atoms with Gasteiger partial charge in [0.25, 0.3) is 0 Å². The van der Waals surface area contributed by atoms with Crippen LogP contribution in [-0.4, -0.2) is 37.7 Å². The number of pyridine rings is 1. The van der Waals surface area contributed by atoms with Crippen LogP contribution >= 0.6 is 0 Å². The van der Waals surface area contributed by atoms with E-state index in [0.717, 1.165) is 5.69 Å². The Hall–Kier alpha value is -1.82. The third-order valence-electron chi connectivity index (χ3n) is 2.64. The van der Waals surface area contributed by atoms with Crippen molar-refractivity contribution < 1.29 is 14.3 Å². The van der Waals surface area contributed by atoms with Crippen molar-refractivity contribution in [3.8, 4) is 11.5 Å². The Bertz CT molecular complexity index is 436. The minimum atomic E-state index is 0.0399. The second-order valence-corrected chi connectivity index (χ2v) is 4.64. The van der Waals surface area contributed by atoms with Gasteiger partial charge in [-0.2, -0.15) is 0 Å². The van der Waals surface area contributed by atoms with Crippen LogP contribution in [0.2, 0.25) is 0 Å². The smallest absolute Gasteiger partial charge is 0.221 e. The summed E-state index contributed by atoms with van der Waals surface area (Å²) in [5.41, 5.74) is 0.760. The Kier molecular flexibility index (Phi) is 6.79. The molecule has 0 aliphatic heterocycles. The molecule has 1 aromatic rings. The lowest BCUT2D eigenvalue weighted by atomic mass is 10.3. The van der Waals surface area contributed by atoms with Crippen LogP contribution in [0.25, 0.3) is 0 Å². The highest BCUT2D eigenvalue weighted by molar-refractivity contribution is 5.76. The number of rotatable bonds is 8. The van der Waals surface area contributed by atoms with Gasteiger partial charge < -0.3 is 20.1 Å². The number of carbonyl (C=O) groups is 1. The van der Waals surface area contributed by atoms with E-state index in [9.17, 15) is 4.79 Å². The first-order chi connectivity index (χ1) is 9.58. The monoisotopic (exact) mass is 281 g/mol. The van der Waals surface area contributed by atoms with Gasteiger partial charge in [-0.15, -0.1) is 0 Å². The summed E-state index contributed by atoms with van der Waals surface area (Å²) >= 11 is 0. The van der Waals surface area contributed by atoms with Crippen molar-refractivity contribution in [1.29, 1.82) is 0 Å². The van der Waals surface area contributed by atoms with E-state index in [2.05, 4.69) is 15.6 Å². The van der Waals surface area contributed by atoms with E-state index in [1.165, 1.54) is 0 Å². The number of methoxy groups -OCH3 is 2. The van der Waals surface area contributed by atoms with Crippen molar-refractivity contribution in [2.24, 2.45) is 0 Å². The largest absolute Gasteiger partial charge is 0.493 e. The van der Waals surface area contributed by atoms with E-state index < -0.39 is 0 Å². The van der Waals surface area contributed by atoms with Crippen molar-refractivity contribution in [2.45, 2.75) is 32.9 Å². The fraction of sp³-hybridized carbons (Fsp3) is 0.571. The number of nitrogens with one attached hydrogen (secondary N) is 2. The van der Waals surface area contributed by atoms with Gasteiger partial charge in [-0.05, 0) is 13.8 Å². The van der Waals surface area contributed by atoms with E-state index >= 15 is 0 Å². The fourth-order valence-corrected chi connectivity index (χ4v) is 1.78. The maximum atomic E-state index is 11.5. The first-order valence-corrected chi connectivity index (χ1v) is 6.64. The molecule has 0 radical (unpaired) electrons. The molecule has 20 heavy (non-hydrogen) atoms. The SMILES string of the molecule is COc1ccnc(CNCCC(=O)NC(C)C)c1OC. The van der Waals surface area contributed by atoms with Crippen LogP contribution in [0.4, 0.5) is 0 Å². The standard InChI is InChI=1S/C14H23N3O3/c1-10(2)17-13(18)6-7-15-9-11-14(20-4)12(19-3)5-8-16-11/h5,8,10,15H,6-7,9H2,1-4H3,(H,17,18). The fourth-order valence-electron chi connectivity index (χ4n) is 1.78. The van der Waals surface area contributed by atoms with E-state index in [-0.39, 0.29) is 11.9 Å². The number of carbonyl (C=O) groups excluding carboxylic acids is 1. The third kappa shape index (κ3) is 5.05. The maximum Gasteiger partial charge on any atom is 0.221 e. The van der Waals surface area contributed by atoms with Crippen molar-refractivity contribution >= 4 is 5.91 Å². The lowest BCUT2D eigenvalue weighted by Gasteiger charge is -2.12. The van der Waals surface area contributed by atoms with Gasteiger partial charge in [0.1, 0.15) is 0 Å². The molecule has 2 N–H and O–H groups in total. The Morgan fingerprint density at radius 3 is 2.70 bits per heavy atom. The van der Waals surface area contributed by atoms with Gasteiger partial charge in [0.05, 0.1) is 19.9 Å². The minimum absolute atomic E-state index is 0.0399. The molecule has 0 bridgehead atoms. The molecule has 1 amide bonds. The summed E-state index contributed by atoms with van der Waals surface area (Å²) in [4.78, 5) is 15.7. The summed E-state index contributed by atoms with van der Waals surface area (Å²) in [6, 6.07) is 1.92. The topological polar surface area (TPSA) is 72.5 Å². The molecular formula is C14H23N3O3. The number of hydrogen-bond acceptors (Lipinski definition) is 5. The van der Waals surface area contributed by atoms with Crippen LogP contribution in [0.5, 0.6) is 11.5 Å². The molecule has 0 saturated heterocycles. The average Bonchev–Trinajstić information content (AvgIpc) is 2.42. The number of aromatic nitrogens is 1. The Morgan fingerprint density at radius 1 is 1.35 bits per heavy atom. The summed E-state index contributed by atoms with van der Waals surface area (Å²) in [7, 11) is 3.17. The van der Waals surface area contributed by atoms with Gasteiger partial charge in [-0.1, -0.05) is 0 Å². The molecule has 0 aromatic carbocycles. The number of hydrogen-bond donors (Lipinski definition) is 2. The lowest BCUT2D eigenvalue weighted by molar-refractivity contribution is -0.121. The van der Waals surface area contributed by atoms with E-state index in [1.807, 2.05) is 13.8 Å². The average molecular weight is 281 g/mol. The molecule has 0 saturated carbocycles. The highest BCUT2D eigenvalue weighted by Crippen LogP contribution is 2.28. The molecule has 1 aromatic heterocycles. The Morgan fingerprint density at radius 2 is 2.10 bits per heavy atom. The molecular weight excluding hydrogens is 258 g/mol. The van der Waals surface area contributed by atoms with Gasteiger partial charge in [-0.3, -0.25) is 9.78 Å². The van der Waals surface area contributed by atoms with Gasteiger partial charge in [0, 0.05) is 37.8 Å². The Balaban J connectivity index is 2.44. The van der Waals surface area contributed by atoms with E-state index in [1.54, 1.807) is 26.5 Å². The zero-order chi connectivity index (χ0) is 15.0. The molecule has 0 aliphatic rings. The predicted octanol–water partition coefficient (Wildman–Crippen LogP) is 1.10. The zero-order valence-electron chi connectivity index (χ0n) is 12.5. The van der Waals surface area contributed by atoms with Gasteiger partial charge >= 0.3 is 0 Å². The second-order valence-electron chi connectivity index (χ2n) is 4.64. The van der Waals surface area contributed by atoms with E-state index in [0.29, 0.717) is 31.0 Å². The first-order valence-electron chi connectivity index (χ1n) is 6.64. The van der Waals surface area contributed by atoms with Crippen LogP contribution in [0, 0.1) is 0 Å². The van der Waals surface area contributed by atoms with Gasteiger partial charge in [0.2, 0.25) is 5.91 Å². The summed E-state index contributed by atoms with van der Waals surface area (Å²) in [6.45, 7) is 4.99. The lowest BCUT2D eigenvalue weighted by Crippen LogP contribution is -2.32. The molecule has 112 valence electrons. The number of amides is 1. The molecule has 6 heteroatoms. The summed E-state index contributed by atoms with van der Waals surface area (Å²) in [6.07, 6.45) is 2.11. The summed E-state index contributed by atoms with van der Waals surface area (Å²) < 4.78 is 10.5. The zero-order valence-corrected chi connectivity index (χ0v) is 12.5. The molecule has 0 spiro atoms. The van der Waals surface area contributed by atoms with Crippen molar-refractivity contribution in [1.82, 2.24) is 15.6 Å². The molecule has 1 rings (SSSR count). The second kappa shape index (κ2) is 8.37. The number of ether oxygens (including phenoxy) is 2. The van der Waals surface area contributed by atoms with Crippen molar-refractivity contribution in [3.63, 3.8) is 0 Å². The molecule has 0 aliphatic carbocycles. The Labute approximate surface area is 119 Å². The highest BCUT2D eigenvalue weighted by atomic mass is 16.5. The molecule has 0 unspecified atom stereocenters.